The van der Waals surface area contributed by atoms with Crippen LogP contribution in [-0.2, 0) is 0 Å². The van der Waals surface area contributed by atoms with Crippen molar-refractivity contribution in [2.45, 2.75) is 52.7 Å². The van der Waals surface area contributed by atoms with E-state index < -0.39 is 0 Å². The molecular weight excluding hydrogens is 152 g/mol. The molecule has 0 spiro atoms. The zero-order chi connectivity index (χ0) is 9.72. The van der Waals surface area contributed by atoms with E-state index in [0.717, 1.165) is 0 Å². The maximum Gasteiger partial charge on any atom is 0.0564 e. The van der Waals surface area contributed by atoms with Gasteiger partial charge in [0.05, 0.1) is 12.2 Å². The second-order valence-electron chi connectivity index (χ2n) is 4.20. The minimum Gasteiger partial charge on any atom is -0.393 e. The molecule has 0 aliphatic heterocycles. The summed E-state index contributed by atoms with van der Waals surface area (Å²) in [6.07, 6.45) is 0.880. The van der Waals surface area contributed by atoms with Gasteiger partial charge in [-0.1, -0.05) is 27.7 Å². The van der Waals surface area contributed by atoms with Gasteiger partial charge < -0.3 is 10.2 Å². The Kier molecular flexibility index (Phi) is 5.51. The average molecular weight is 174 g/mol. The van der Waals surface area contributed by atoms with E-state index in [1.807, 2.05) is 27.7 Å². The quantitative estimate of drug-likeness (QED) is 0.667. The van der Waals surface area contributed by atoms with Crippen molar-refractivity contribution in [2.24, 2.45) is 11.8 Å². The van der Waals surface area contributed by atoms with E-state index in [1.54, 1.807) is 0 Å². The second kappa shape index (κ2) is 5.55. The molecule has 0 amide bonds. The van der Waals surface area contributed by atoms with Crippen LogP contribution in [0.15, 0.2) is 0 Å². The second-order valence-corrected chi connectivity index (χ2v) is 4.20. The summed E-state index contributed by atoms with van der Waals surface area (Å²) in [4.78, 5) is 0. The molecule has 2 heteroatoms. The molecule has 0 saturated carbocycles. The molecule has 0 aromatic carbocycles. The number of rotatable bonds is 5. The predicted molar refractivity (Wildman–Crippen MR) is 50.9 cm³/mol. The minimum atomic E-state index is -0.265. The molecule has 0 aliphatic rings. The number of hydrogen-bond donors (Lipinski definition) is 2. The number of aliphatic hydroxyl groups is 2. The average Bonchev–Trinajstić information content (AvgIpc) is 1.98. The van der Waals surface area contributed by atoms with Crippen molar-refractivity contribution in [3.63, 3.8) is 0 Å². The lowest BCUT2D eigenvalue weighted by Crippen LogP contribution is -2.20. The molecule has 2 N–H and O–H groups in total. The van der Waals surface area contributed by atoms with E-state index in [4.69, 9.17) is 0 Å². The van der Waals surface area contributed by atoms with Crippen molar-refractivity contribution < 1.29 is 10.2 Å². The summed E-state index contributed by atoms with van der Waals surface area (Å²) in [6, 6.07) is 0. The highest BCUT2D eigenvalue weighted by atomic mass is 16.3. The van der Waals surface area contributed by atoms with Crippen LogP contribution in [0.4, 0.5) is 0 Å². The summed E-state index contributed by atoms with van der Waals surface area (Å²) >= 11 is 0. The van der Waals surface area contributed by atoms with E-state index in [-0.39, 0.29) is 12.2 Å². The van der Waals surface area contributed by atoms with Crippen molar-refractivity contribution in [2.75, 3.05) is 0 Å². The normalized spacial score (nSPS) is 17.0. The van der Waals surface area contributed by atoms with E-state index in [0.29, 0.717) is 24.7 Å². The largest absolute Gasteiger partial charge is 0.393 e. The van der Waals surface area contributed by atoms with Gasteiger partial charge in [-0.3, -0.25) is 0 Å². The van der Waals surface area contributed by atoms with Gasteiger partial charge in [0.1, 0.15) is 0 Å². The number of aliphatic hydroxyl groups excluding tert-OH is 2. The van der Waals surface area contributed by atoms with E-state index in [2.05, 4.69) is 0 Å². The van der Waals surface area contributed by atoms with E-state index in [1.165, 1.54) is 0 Å². The topological polar surface area (TPSA) is 40.5 Å². The highest BCUT2D eigenvalue weighted by Crippen LogP contribution is 2.13. The molecule has 2 nitrogen and oxygen atoms in total. The molecule has 0 radical (unpaired) electrons. The SMILES string of the molecule is CC(C)[C@@H](O)CC[C@H](O)C(C)C. The molecule has 0 fully saturated rings. The first-order valence-electron chi connectivity index (χ1n) is 4.81. The summed E-state index contributed by atoms with van der Waals surface area (Å²) in [5, 5.41) is 18.9. The van der Waals surface area contributed by atoms with Gasteiger partial charge in [-0.15, -0.1) is 0 Å². The van der Waals surface area contributed by atoms with Gasteiger partial charge in [-0.2, -0.15) is 0 Å². The first-order valence-corrected chi connectivity index (χ1v) is 4.81. The van der Waals surface area contributed by atoms with Crippen LogP contribution < -0.4 is 0 Å². The third kappa shape index (κ3) is 4.73. The fourth-order valence-corrected chi connectivity index (χ4v) is 1.01. The van der Waals surface area contributed by atoms with E-state index >= 15 is 0 Å². The zero-order valence-corrected chi connectivity index (χ0v) is 8.62. The molecule has 0 saturated heterocycles. The Bertz CT molecular complexity index is 96.4. The Morgan fingerprint density at radius 1 is 0.750 bits per heavy atom. The Morgan fingerprint density at radius 2 is 1.00 bits per heavy atom. The fraction of sp³-hybridized carbons (Fsp3) is 1.00. The summed E-state index contributed by atoms with van der Waals surface area (Å²) in [7, 11) is 0. The summed E-state index contributed by atoms with van der Waals surface area (Å²) in [5.41, 5.74) is 0. The van der Waals surface area contributed by atoms with Crippen molar-refractivity contribution in [1.29, 1.82) is 0 Å². The van der Waals surface area contributed by atoms with Crippen molar-refractivity contribution >= 4 is 0 Å². The Labute approximate surface area is 75.6 Å². The molecular formula is C10H22O2. The molecule has 0 heterocycles. The molecule has 0 bridgehead atoms. The van der Waals surface area contributed by atoms with Crippen LogP contribution in [0.3, 0.4) is 0 Å². The third-order valence-electron chi connectivity index (χ3n) is 2.30. The Balaban J connectivity index is 3.54. The molecule has 0 rings (SSSR count). The maximum atomic E-state index is 9.45. The predicted octanol–water partition coefficient (Wildman–Crippen LogP) is 1.80. The smallest absolute Gasteiger partial charge is 0.0564 e. The lowest BCUT2D eigenvalue weighted by molar-refractivity contribution is 0.0675. The van der Waals surface area contributed by atoms with Crippen LogP contribution in [0, 0.1) is 11.8 Å². The van der Waals surface area contributed by atoms with Crippen LogP contribution in [0.5, 0.6) is 0 Å². The zero-order valence-electron chi connectivity index (χ0n) is 8.62. The molecule has 0 unspecified atom stereocenters. The van der Waals surface area contributed by atoms with Crippen molar-refractivity contribution in [3.8, 4) is 0 Å². The van der Waals surface area contributed by atoms with Gasteiger partial charge in [-0.05, 0) is 24.7 Å². The summed E-state index contributed by atoms with van der Waals surface area (Å²) in [5.74, 6) is 0.591. The Morgan fingerprint density at radius 3 is 1.17 bits per heavy atom. The monoisotopic (exact) mass is 174 g/mol. The van der Waals surface area contributed by atoms with Crippen molar-refractivity contribution in [3.05, 3.63) is 0 Å². The highest BCUT2D eigenvalue weighted by molar-refractivity contribution is 4.65. The molecule has 2 atom stereocenters. The van der Waals surface area contributed by atoms with Gasteiger partial charge in [0.25, 0.3) is 0 Å². The summed E-state index contributed by atoms with van der Waals surface area (Å²) < 4.78 is 0. The first-order chi connectivity index (χ1) is 5.45. The summed E-state index contributed by atoms with van der Waals surface area (Å²) in [6.45, 7) is 7.97. The molecule has 0 aromatic heterocycles. The maximum absolute atomic E-state index is 9.45. The fourth-order valence-electron chi connectivity index (χ4n) is 1.01. The minimum absolute atomic E-state index is 0.265. The molecule has 0 aromatic rings. The third-order valence-corrected chi connectivity index (χ3v) is 2.30. The molecule has 0 aliphatic carbocycles. The van der Waals surface area contributed by atoms with Gasteiger partial charge in [0, 0.05) is 0 Å². The van der Waals surface area contributed by atoms with Gasteiger partial charge in [0.15, 0.2) is 0 Å². The molecule has 74 valence electrons. The van der Waals surface area contributed by atoms with Crippen LogP contribution in [-0.4, -0.2) is 22.4 Å². The van der Waals surface area contributed by atoms with E-state index in [9.17, 15) is 10.2 Å². The van der Waals surface area contributed by atoms with Crippen molar-refractivity contribution in [1.82, 2.24) is 0 Å². The lowest BCUT2D eigenvalue weighted by atomic mass is 9.96. The van der Waals surface area contributed by atoms with Gasteiger partial charge in [0.2, 0.25) is 0 Å². The van der Waals surface area contributed by atoms with Crippen LogP contribution >= 0.6 is 0 Å². The molecule has 12 heavy (non-hydrogen) atoms. The lowest BCUT2D eigenvalue weighted by Gasteiger charge is -2.18. The van der Waals surface area contributed by atoms with Crippen LogP contribution in [0.25, 0.3) is 0 Å². The van der Waals surface area contributed by atoms with Gasteiger partial charge in [-0.25, -0.2) is 0 Å². The first kappa shape index (κ1) is 11.9. The van der Waals surface area contributed by atoms with Gasteiger partial charge >= 0.3 is 0 Å². The highest BCUT2D eigenvalue weighted by Gasteiger charge is 2.14. The van der Waals surface area contributed by atoms with Crippen LogP contribution in [0.2, 0.25) is 0 Å². The number of hydrogen-bond acceptors (Lipinski definition) is 2. The Hall–Kier alpha value is -0.0800. The standard InChI is InChI=1S/C10H22O2/c1-7(2)9(11)5-6-10(12)8(3)4/h7-12H,5-6H2,1-4H3/t9-,10-/m0/s1. The van der Waals surface area contributed by atoms with Crippen LogP contribution in [0.1, 0.15) is 40.5 Å².